The Labute approximate surface area is 191 Å². The number of aromatic nitrogens is 3. The monoisotopic (exact) mass is 442 g/mol. The summed E-state index contributed by atoms with van der Waals surface area (Å²) in [6, 6.07) is 14.9. The van der Waals surface area contributed by atoms with Crippen molar-refractivity contribution in [1.82, 2.24) is 14.1 Å². The quantitative estimate of drug-likeness (QED) is 0.513. The highest BCUT2D eigenvalue weighted by Crippen LogP contribution is 2.22. The van der Waals surface area contributed by atoms with E-state index in [0.29, 0.717) is 5.39 Å². The normalized spacial score (nSPS) is 11.0. The third kappa shape index (κ3) is 4.48. The van der Waals surface area contributed by atoms with Crippen LogP contribution < -0.4 is 16.6 Å². The molecule has 0 radical (unpaired) electrons. The first-order valence-corrected chi connectivity index (χ1v) is 10.8. The van der Waals surface area contributed by atoms with Crippen LogP contribution >= 0.6 is 0 Å². The lowest BCUT2D eigenvalue weighted by Crippen LogP contribution is -2.42. The molecule has 0 aliphatic carbocycles. The van der Waals surface area contributed by atoms with E-state index in [1.54, 1.807) is 12.1 Å². The molecule has 1 N–H and O–H groups in total. The zero-order chi connectivity index (χ0) is 23.7. The Bertz CT molecular complexity index is 1460. The summed E-state index contributed by atoms with van der Waals surface area (Å²) in [6.45, 7) is 7.69. The first-order chi connectivity index (χ1) is 15.7. The van der Waals surface area contributed by atoms with Crippen LogP contribution in [0.3, 0.4) is 0 Å². The van der Waals surface area contributed by atoms with Crippen LogP contribution in [-0.4, -0.2) is 20.0 Å². The number of hydrogen-bond acceptors (Lipinski definition) is 4. The van der Waals surface area contributed by atoms with Gasteiger partial charge in [0.1, 0.15) is 12.2 Å². The van der Waals surface area contributed by atoms with Crippen LogP contribution in [-0.2, 0) is 17.9 Å². The largest absolute Gasteiger partial charge is 0.333 e. The zero-order valence-electron chi connectivity index (χ0n) is 19.2. The number of pyridine rings is 1. The molecule has 2 aromatic carbocycles. The second-order valence-corrected chi connectivity index (χ2v) is 8.44. The average Bonchev–Trinajstić information content (AvgIpc) is 2.78. The third-order valence-electron chi connectivity index (χ3n) is 5.68. The van der Waals surface area contributed by atoms with Crippen LogP contribution in [0.25, 0.3) is 11.0 Å². The fourth-order valence-corrected chi connectivity index (χ4v) is 4.11. The average molecular weight is 443 g/mol. The fourth-order valence-electron chi connectivity index (χ4n) is 4.11. The van der Waals surface area contributed by atoms with Gasteiger partial charge in [0, 0.05) is 11.9 Å². The van der Waals surface area contributed by atoms with Crippen LogP contribution in [0.4, 0.5) is 5.69 Å². The molecule has 0 aliphatic rings. The summed E-state index contributed by atoms with van der Waals surface area (Å²) in [4.78, 5) is 43.6. The van der Waals surface area contributed by atoms with Gasteiger partial charge in [-0.25, -0.2) is 9.78 Å². The Morgan fingerprint density at radius 2 is 1.58 bits per heavy atom. The number of nitrogens with one attached hydrogen (secondary N) is 1. The van der Waals surface area contributed by atoms with Gasteiger partial charge in [0.15, 0.2) is 0 Å². The molecule has 0 saturated heterocycles. The van der Waals surface area contributed by atoms with Crippen molar-refractivity contribution >= 4 is 22.6 Å². The van der Waals surface area contributed by atoms with Crippen molar-refractivity contribution < 1.29 is 4.79 Å². The standard InChI is InChI=1S/C26H26N4O3/c1-16-7-9-20(10-8-16)14-30-25(32)21-6-5-11-27-24(21)29(26(30)33)15-22(31)28-23-18(3)12-17(2)13-19(23)4/h5-13H,14-15H2,1-4H3,(H,28,31). The number of aryl methyl sites for hydroxylation is 4. The number of fused-ring (bicyclic) bond motifs is 1. The van der Waals surface area contributed by atoms with Crippen molar-refractivity contribution in [3.63, 3.8) is 0 Å². The van der Waals surface area contributed by atoms with Crippen LogP contribution in [0.1, 0.15) is 27.8 Å². The lowest BCUT2D eigenvalue weighted by molar-refractivity contribution is -0.116. The van der Waals surface area contributed by atoms with Gasteiger partial charge in [-0.1, -0.05) is 47.5 Å². The van der Waals surface area contributed by atoms with Crippen molar-refractivity contribution in [2.75, 3.05) is 5.32 Å². The minimum Gasteiger partial charge on any atom is -0.324 e. The molecule has 0 unspecified atom stereocenters. The van der Waals surface area contributed by atoms with E-state index in [2.05, 4.69) is 10.3 Å². The lowest BCUT2D eigenvalue weighted by Gasteiger charge is -2.15. The van der Waals surface area contributed by atoms with Gasteiger partial charge < -0.3 is 5.32 Å². The Morgan fingerprint density at radius 1 is 0.909 bits per heavy atom. The van der Waals surface area contributed by atoms with Gasteiger partial charge in [-0.15, -0.1) is 0 Å². The summed E-state index contributed by atoms with van der Waals surface area (Å²) in [7, 11) is 0. The third-order valence-corrected chi connectivity index (χ3v) is 5.68. The molecule has 0 saturated carbocycles. The highest BCUT2D eigenvalue weighted by molar-refractivity contribution is 5.93. The molecule has 2 aromatic heterocycles. The summed E-state index contributed by atoms with van der Waals surface area (Å²) in [5, 5.41) is 3.21. The van der Waals surface area contributed by atoms with Gasteiger partial charge in [-0.2, -0.15) is 0 Å². The van der Waals surface area contributed by atoms with E-state index in [4.69, 9.17) is 0 Å². The fraction of sp³-hybridized carbons (Fsp3) is 0.231. The first kappa shape index (κ1) is 22.2. The van der Waals surface area contributed by atoms with E-state index in [9.17, 15) is 14.4 Å². The molecule has 0 aliphatic heterocycles. The summed E-state index contributed by atoms with van der Waals surface area (Å²) in [5.74, 6) is -0.361. The molecule has 7 nitrogen and oxygen atoms in total. The van der Waals surface area contributed by atoms with Gasteiger partial charge in [0.05, 0.1) is 11.9 Å². The Kier molecular flexibility index (Phi) is 5.96. The maximum Gasteiger partial charge on any atom is 0.333 e. The van der Waals surface area contributed by atoms with E-state index in [0.717, 1.165) is 38.1 Å². The van der Waals surface area contributed by atoms with Crippen molar-refractivity contribution in [3.05, 3.63) is 103 Å². The predicted octanol–water partition coefficient (Wildman–Crippen LogP) is 3.48. The highest BCUT2D eigenvalue weighted by Gasteiger charge is 2.17. The van der Waals surface area contributed by atoms with Crippen LogP contribution in [0, 0.1) is 27.7 Å². The molecule has 0 atom stereocenters. The van der Waals surface area contributed by atoms with E-state index in [-0.39, 0.29) is 24.6 Å². The minimum absolute atomic E-state index is 0.112. The number of nitrogens with zero attached hydrogens (tertiary/aromatic N) is 3. The van der Waals surface area contributed by atoms with E-state index in [1.807, 2.05) is 64.1 Å². The predicted molar refractivity (Wildman–Crippen MR) is 130 cm³/mol. The Morgan fingerprint density at radius 3 is 2.24 bits per heavy atom. The van der Waals surface area contributed by atoms with Crippen LogP contribution in [0.15, 0.2) is 64.3 Å². The Hall–Kier alpha value is -4.00. The van der Waals surface area contributed by atoms with Crippen molar-refractivity contribution in [3.8, 4) is 0 Å². The number of amides is 1. The minimum atomic E-state index is -0.570. The first-order valence-electron chi connectivity index (χ1n) is 10.8. The number of benzene rings is 2. The molecule has 33 heavy (non-hydrogen) atoms. The summed E-state index contributed by atoms with van der Waals surface area (Å²) >= 11 is 0. The highest BCUT2D eigenvalue weighted by atomic mass is 16.2. The van der Waals surface area contributed by atoms with Gasteiger partial charge in [-0.3, -0.25) is 18.7 Å². The molecular formula is C26H26N4O3. The molecule has 0 fully saturated rings. The molecule has 4 aromatic rings. The summed E-state index contributed by atoms with van der Waals surface area (Å²) in [6.07, 6.45) is 1.51. The van der Waals surface area contributed by atoms with Crippen molar-refractivity contribution in [2.24, 2.45) is 0 Å². The van der Waals surface area contributed by atoms with E-state index < -0.39 is 11.2 Å². The summed E-state index contributed by atoms with van der Waals surface area (Å²) in [5.41, 5.74) is 4.84. The number of hydrogen-bond donors (Lipinski definition) is 1. The van der Waals surface area contributed by atoms with Gasteiger partial charge in [-0.05, 0) is 56.5 Å². The van der Waals surface area contributed by atoms with Gasteiger partial charge in [0.2, 0.25) is 5.91 Å². The maximum atomic E-state index is 13.3. The number of anilines is 1. The molecule has 1 amide bonds. The second kappa shape index (κ2) is 8.86. The van der Waals surface area contributed by atoms with Crippen LogP contribution in [0.2, 0.25) is 0 Å². The Balaban J connectivity index is 1.75. The molecule has 0 bridgehead atoms. The van der Waals surface area contributed by atoms with Gasteiger partial charge >= 0.3 is 5.69 Å². The molecular weight excluding hydrogens is 416 g/mol. The second-order valence-electron chi connectivity index (χ2n) is 8.44. The van der Waals surface area contributed by atoms with Crippen LogP contribution in [0.5, 0.6) is 0 Å². The number of carbonyl (C=O) groups is 1. The van der Waals surface area contributed by atoms with Gasteiger partial charge in [0.25, 0.3) is 5.56 Å². The maximum absolute atomic E-state index is 13.3. The van der Waals surface area contributed by atoms with E-state index in [1.165, 1.54) is 10.8 Å². The lowest BCUT2D eigenvalue weighted by atomic mass is 10.1. The SMILES string of the molecule is Cc1ccc(Cn2c(=O)c3cccnc3n(CC(=O)Nc3c(C)cc(C)cc3C)c2=O)cc1. The van der Waals surface area contributed by atoms with Crippen molar-refractivity contribution in [2.45, 2.75) is 40.8 Å². The zero-order valence-corrected chi connectivity index (χ0v) is 19.2. The summed E-state index contributed by atoms with van der Waals surface area (Å²) < 4.78 is 2.42. The van der Waals surface area contributed by atoms with E-state index >= 15 is 0 Å². The molecule has 7 heteroatoms. The van der Waals surface area contributed by atoms with Crippen molar-refractivity contribution in [1.29, 1.82) is 0 Å². The molecule has 0 spiro atoms. The molecule has 168 valence electrons. The smallest absolute Gasteiger partial charge is 0.324 e. The molecule has 4 rings (SSSR count). The number of rotatable bonds is 5. The molecule has 2 heterocycles. The topological polar surface area (TPSA) is 86.0 Å². The number of carbonyl (C=O) groups excluding carboxylic acids is 1.